The number of hydrogen-bond donors (Lipinski definition) is 3. The van der Waals surface area contributed by atoms with Gasteiger partial charge in [-0.3, -0.25) is 9.59 Å². The molecule has 0 bridgehead atoms. The molecule has 0 radical (unpaired) electrons. The fourth-order valence-electron chi connectivity index (χ4n) is 3.44. The van der Waals surface area contributed by atoms with Crippen LogP contribution in [0.5, 0.6) is 0 Å². The predicted molar refractivity (Wildman–Crippen MR) is 159 cm³/mol. The van der Waals surface area contributed by atoms with Gasteiger partial charge in [0, 0.05) is 5.69 Å². The standard InChI is InChI=1S/C26H21N3O5.C4H8.C2H6/c1-16-2-12-21(13-3-16)27-23(30)15-29-24(31)22(28-26(29)34)14-17-4-6-18(7-5-17)19-8-10-20(11-9-19)25(32)33;1-3-4-2;1-2/h2-14H,15H2,1H3,(H,27,30)(H,28,34)(H,32,33);3H,1,4H2,2H3;1-2H3/b22-14-;;. The zero-order valence-corrected chi connectivity index (χ0v) is 23.2. The number of carbonyl (C=O) groups is 4. The molecule has 8 heteroatoms. The minimum absolute atomic E-state index is 0.0756. The lowest BCUT2D eigenvalue weighted by Gasteiger charge is -2.12. The van der Waals surface area contributed by atoms with Gasteiger partial charge in [0.05, 0.1) is 5.56 Å². The van der Waals surface area contributed by atoms with Crippen molar-refractivity contribution in [1.82, 2.24) is 10.2 Å². The monoisotopic (exact) mass is 541 g/mol. The van der Waals surface area contributed by atoms with Gasteiger partial charge in [-0.15, -0.1) is 6.58 Å². The maximum Gasteiger partial charge on any atom is 0.335 e. The molecule has 1 aliphatic rings. The van der Waals surface area contributed by atoms with Crippen LogP contribution in [0, 0.1) is 6.92 Å². The van der Waals surface area contributed by atoms with Crippen molar-refractivity contribution in [2.75, 3.05) is 11.9 Å². The average molecular weight is 542 g/mol. The summed E-state index contributed by atoms with van der Waals surface area (Å²) < 4.78 is 0. The number of carboxylic acids is 1. The van der Waals surface area contributed by atoms with Crippen molar-refractivity contribution in [1.29, 1.82) is 0 Å². The molecule has 208 valence electrons. The molecule has 8 nitrogen and oxygen atoms in total. The number of imide groups is 1. The van der Waals surface area contributed by atoms with Gasteiger partial charge in [-0.25, -0.2) is 14.5 Å². The third kappa shape index (κ3) is 8.80. The van der Waals surface area contributed by atoms with Crippen molar-refractivity contribution < 1.29 is 24.3 Å². The third-order valence-electron chi connectivity index (χ3n) is 5.57. The predicted octanol–water partition coefficient (Wildman–Crippen LogP) is 6.50. The molecular weight excluding hydrogens is 506 g/mol. The van der Waals surface area contributed by atoms with Crippen LogP contribution in [0.4, 0.5) is 10.5 Å². The SMILES string of the molecule is C=CCC.CC.Cc1ccc(NC(=O)CN2C(=O)N/C(=C\c3ccc(-c4ccc(C(=O)O)cc4)cc3)C2=O)cc1. The van der Waals surface area contributed by atoms with Gasteiger partial charge in [0.15, 0.2) is 0 Å². The van der Waals surface area contributed by atoms with E-state index in [9.17, 15) is 19.2 Å². The number of hydrogen-bond acceptors (Lipinski definition) is 4. The zero-order chi connectivity index (χ0) is 29.7. The van der Waals surface area contributed by atoms with Crippen molar-refractivity contribution in [2.45, 2.75) is 34.1 Å². The molecular formula is C32H35N3O5. The summed E-state index contributed by atoms with van der Waals surface area (Å²) in [4.78, 5) is 49.1. The van der Waals surface area contributed by atoms with Gasteiger partial charge in [-0.2, -0.15) is 0 Å². The van der Waals surface area contributed by atoms with E-state index >= 15 is 0 Å². The third-order valence-corrected chi connectivity index (χ3v) is 5.57. The van der Waals surface area contributed by atoms with Gasteiger partial charge in [0.25, 0.3) is 5.91 Å². The van der Waals surface area contributed by atoms with Crippen LogP contribution >= 0.6 is 0 Å². The summed E-state index contributed by atoms with van der Waals surface area (Å²) in [6, 6.07) is 20.2. The number of allylic oxidation sites excluding steroid dienone is 1. The van der Waals surface area contributed by atoms with Gasteiger partial charge in [-0.05, 0) is 60.4 Å². The van der Waals surface area contributed by atoms with Gasteiger partial charge < -0.3 is 15.7 Å². The van der Waals surface area contributed by atoms with E-state index in [0.717, 1.165) is 28.0 Å². The highest BCUT2D eigenvalue weighted by atomic mass is 16.4. The molecule has 40 heavy (non-hydrogen) atoms. The smallest absolute Gasteiger partial charge is 0.335 e. The van der Waals surface area contributed by atoms with Gasteiger partial charge in [-0.1, -0.05) is 80.9 Å². The molecule has 0 atom stereocenters. The van der Waals surface area contributed by atoms with Crippen LogP contribution in [0.15, 0.2) is 91.1 Å². The Kier molecular flexibility index (Phi) is 12.1. The van der Waals surface area contributed by atoms with Crippen LogP contribution < -0.4 is 10.6 Å². The lowest BCUT2D eigenvalue weighted by Crippen LogP contribution is -2.38. The number of nitrogens with one attached hydrogen (secondary N) is 2. The van der Waals surface area contributed by atoms with E-state index in [-0.39, 0.29) is 11.3 Å². The number of anilines is 1. The zero-order valence-electron chi connectivity index (χ0n) is 23.2. The Morgan fingerprint density at radius 3 is 1.95 bits per heavy atom. The van der Waals surface area contributed by atoms with Crippen LogP contribution in [-0.4, -0.2) is 40.4 Å². The number of carboxylic acid groups (broad SMARTS) is 1. The lowest BCUT2D eigenvalue weighted by molar-refractivity contribution is -0.127. The Bertz CT molecular complexity index is 1360. The summed E-state index contributed by atoms with van der Waals surface area (Å²) in [6.45, 7) is 11.1. The summed E-state index contributed by atoms with van der Waals surface area (Å²) in [7, 11) is 0. The van der Waals surface area contributed by atoms with Crippen LogP contribution in [-0.2, 0) is 9.59 Å². The molecule has 4 amide bonds. The second-order valence-electron chi connectivity index (χ2n) is 8.50. The molecule has 1 aliphatic heterocycles. The minimum Gasteiger partial charge on any atom is -0.478 e. The largest absolute Gasteiger partial charge is 0.478 e. The fraction of sp³-hybridized carbons (Fsp3) is 0.188. The Morgan fingerprint density at radius 1 is 0.925 bits per heavy atom. The summed E-state index contributed by atoms with van der Waals surface area (Å²) in [5.41, 5.74) is 4.31. The Balaban J connectivity index is 0.000000858. The highest BCUT2D eigenvalue weighted by Crippen LogP contribution is 2.22. The number of urea groups is 1. The first-order chi connectivity index (χ1) is 19.2. The first kappa shape index (κ1) is 31.2. The average Bonchev–Trinajstić information content (AvgIpc) is 3.23. The van der Waals surface area contributed by atoms with Crippen molar-refractivity contribution in [3.8, 4) is 11.1 Å². The molecule has 0 aliphatic carbocycles. The molecule has 3 aromatic rings. The van der Waals surface area contributed by atoms with Crippen molar-refractivity contribution in [3.63, 3.8) is 0 Å². The molecule has 1 saturated heterocycles. The summed E-state index contributed by atoms with van der Waals surface area (Å²) >= 11 is 0. The van der Waals surface area contributed by atoms with E-state index in [2.05, 4.69) is 24.1 Å². The van der Waals surface area contributed by atoms with Gasteiger partial charge in [0.2, 0.25) is 5.91 Å². The first-order valence-electron chi connectivity index (χ1n) is 13.0. The van der Waals surface area contributed by atoms with E-state index in [1.54, 1.807) is 36.4 Å². The molecule has 1 heterocycles. The van der Waals surface area contributed by atoms with E-state index in [0.29, 0.717) is 11.3 Å². The highest BCUT2D eigenvalue weighted by molar-refractivity contribution is 6.16. The van der Waals surface area contributed by atoms with Crippen LogP contribution in [0.1, 0.15) is 48.7 Å². The van der Waals surface area contributed by atoms with Crippen molar-refractivity contribution >= 4 is 35.6 Å². The Morgan fingerprint density at radius 2 is 1.45 bits per heavy atom. The minimum atomic E-state index is -0.988. The van der Waals surface area contributed by atoms with Crippen LogP contribution in [0.25, 0.3) is 17.2 Å². The van der Waals surface area contributed by atoms with E-state index in [4.69, 9.17) is 5.11 Å². The topological polar surface area (TPSA) is 116 Å². The molecule has 4 rings (SSSR count). The van der Waals surface area contributed by atoms with Crippen molar-refractivity contribution in [3.05, 3.63) is 108 Å². The Labute approximate surface area is 235 Å². The number of benzene rings is 3. The molecule has 3 aromatic carbocycles. The number of rotatable bonds is 7. The van der Waals surface area contributed by atoms with E-state index in [1.165, 1.54) is 18.2 Å². The second-order valence-corrected chi connectivity index (χ2v) is 8.50. The molecule has 0 unspecified atom stereocenters. The molecule has 0 aromatic heterocycles. The second kappa shape index (κ2) is 15.4. The molecule has 1 fully saturated rings. The molecule has 0 saturated carbocycles. The Hall–Kier alpha value is -4.98. The van der Waals surface area contributed by atoms with E-state index < -0.39 is 30.4 Å². The number of carbonyl (C=O) groups excluding carboxylic acids is 3. The lowest BCUT2D eigenvalue weighted by atomic mass is 10.0. The fourth-order valence-corrected chi connectivity index (χ4v) is 3.44. The molecule has 3 N–H and O–H groups in total. The summed E-state index contributed by atoms with van der Waals surface area (Å²) in [5.74, 6) is -2.05. The van der Waals surface area contributed by atoms with Gasteiger partial charge >= 0.3 is 12.0 Å². The normalized spacial score (nSPS) is 12.9. The summed E-state index contributed by atoms with van der Waals surface area (Å²) in [6.07, 6.45) is 4.50. The maximum atomic E-state index is 12.7. The highest BCUT2D eigenvalue weighted by Gasteiger charge is 2.34. The van der Waals surface area contributed by atoms with Crippen LogP contribution in [0.3, 0.4) is 0 Å². The number of nitrogens with zero attached hydrogens (tertiary/aromatic N) is 1. The maximum absolute atomic E-state index is 12.7. The summed E-state index contributed by atoms with van der Waals surface area (Å²) in [5, 5.41) is 14.2. The first-order valence-corrected chi connectivity index (χ1v) is 13.0. The van der Waals surface area contributed by atoms with Crippen LogP contribution in [0.2, 0.25) is 0 Å². The van der Waals surface area contributed by atoms with Gasteiger partial charge in [0.1, 0.15) is 12.2 Å². The molecule has 0 spiro atoms. The number of aryl methyl sites for hydroxylation is 1. The quantitative estimate of drug-likeness (QED) is 0.179. The van der Waals surface area contributed by atoms with Crippen molar-refractivity contribution in [2.24, 2.45) is 0 Å². The number of aromatic carboxylic acids is 1. The number of amides is 4. The van der Waals surface area contributed by atoms with E-state index in [1.807, 2.05) is 51.1 Å².